The van der Waals surface area contributed by atoms with Gasteiger partial charge in [0, 0.05) is 35.3 Å². The molecule has 1 aromatic rings. The summed E-state index contributed by atoms with van der Waals surface area (Å²) >= 11 is 0. The van der Waals surface area contributed by atoms with E-state index in [2.05, 4.69) is 10.6 Å². The lowest BCUT2D eigenvalue weighted by molar-refractivity contribution is -0.129. The summed E-state index contributed by atoms with van der Waals surface area (Å²) in [7, 11) is 1.61. The van der Waals surface area contributed by atoms with E-state index >= 15 is 0 Å². The highest BCUT2D eigenvalue weighted by molar-refractivity contribution is 5.90. The van der Waals surface area contributed by atoms with Gasteiger partial charge in [-0.3, -0.25) is 4.79 Å². The zero-order valence-corrected chi connectivity index (χ0v) is 16.7. The second kappa shape index (κ2) is 7.79. The van der Waals surface area contributed by atoms with Gasteiger partial charge in [-0.1, -0.05) is 26.8 Å². The molecule has 2 aliphatic heterocycles. The summed E-state index contributed by atoms with van der Waals surface area (Å²) in [6, 6.07) is 7.85. The number of methoxy groups -OCH3 is 1. The Bertz CT molecular complexity index is 684. The molecule has 0 radical (unpaired) electrons. The van der Waals surface area contributed by atoms with Gasteiger partial charge in [-0.05, 0) is 44.2 Å². The highest BCUT2D eigenvalue weighted by Crippen LogP contribution is 2.35. The van der Waals surface area contributed by atoms with Crippen LogP contribution in [0.1, 0.15) is 52.9 Å². The van der Waals surface area contributed by atoms with Crippen molar-refractivity contribution in [2.45, 2.75) is 71.0 Å². The number of amides is 3. The molecule has 148 valence electrons. The number of ether oxygens (including phenoxy) is 1. The van der Waals surface area contributed by atoms with Crippen LogP contribution in [-0.2, 0) is 4.79 Å². The molecule has 6 nitrogen and oxygen atoms in total. The Labute approximate surface area is 161 Å². The van der Waals surface area contributed by atoms with Crippen LogP contribution in [0.2, 0.25) is 0 Å². The fraction of sp³-hybridized carbons (Fsp3) is 0.619. The lowest BCUT2D eigenvalue weighted by Crippen LogP contribution is -2.60. The Hall–Kier alpha value is -2.24. The Kier molecular flexibility index (Phi) is 5.63. The molecule has 0 saturated carbocycles. The largest absolute Gasteiger partial charge is 0.497 e. The van der Waals surface area contributed by atoms with Crippen molar-refractivity contribution in [1.29, 1.82) is 0 Å². The second-order valence-electron chi connectivity index (χ2n) is 8.70. The summed E-state index contributed by atoms with van der Waals surface area (Å²) < 4.78 is 5.23. The number of hydrogen-bond acceptors (Lipinski definition) is 3. The number of anilines is 1. The summed E-state index contributed by atoms with van der Waals surface area (Å²) in [5.41, 5.74) is 0.344. The molecule has 2 atom stereocenters. The van der Waals surface area contributed by atoms with Gasteiger partial charge in [-0.2, -0.15) is 0 Å². The molecular formula is C21H31N3O3. The first-order valence-electron chi connectivity index (χ1n) is 9.82. The topological polar surface area (TPSA) is 70.7 Å². The highest BCUT2D eigenvalue weighted by atomic mass is 16.5. The summed E-state index contributed by atoms with van der Waals surface area (Å²) in [5, 5.41) is 6.21. The first-order valence-corrected chi connectivity index (χ1v) is 9.82. The van der Waals surface area contributed by atoms with Gasteiger partial charge in [0.15, 0.2) is 0 Å². The van der Waals surface area contributed by atoms with Gasteiger partial charge in [0.1, 0.15) is 5.75 Å². The third-order valence-electron chi connectivity index (χ3n) is 5.55. The summed E-state index contributed by atoms with van der Waals surface area (Å²) in [6.07, 6.45) is 4.76. The lowest BCUT2D eigenvalue weighted by atomic mass is 9.81. The van der Waals surface area contributed by atoms with Crippen molar-refractivity contribution in [3.63, 3.8) is 0 Å². The second-order valence-corrected chi connectivity index (χ2v) is 8.70. The molecule has 6 heteroatoms. The number of nitrogens with zero attached hydrogens (tertiary/aromatic N) is 1. The fourth-order valence-corrected chi connectivity index (χ4v) is 4.12. The van der Waals surface area contributed by atoms with Crippen LogP contribution in [0.15, 0.2) is 24.3 Å². The molecule has 0 aromatic heterocycles. The van der Waals surface area contributed by atoms with Crippen molar-refractivity contribution in [3.05, 3.63) is 24.3 Å². The van der Waals surface area contributed by atoms with Crippen LogP contribution in [0.5, 0.6) is 5.75 Å². The third kappa shape index (κ3) is 4.54. The van der Waals surface area contributed by atoms with Gasteiger partial charge in [0.25, 0.3) is 0 Å². The molecule has 2 aliphatic rings. The molecule has 0 aliphatic carbocycles. The van der Waals surface area contributed by atoms with E-state index < -0.39 is 5.41 Å². The Balaban J connectivity index is 1.66. The lowest BCUT2D eigenvalue weighted by Gasteiger charge is -2.49. The van der Waals surface area contributed by atoms with Crippen LogP contribution >= 0.6 is 0 Å². The minimum atomic E-state index is -0.393. The van der Waals surface area contributed by atoms with E-state index in [1.54, 1.807) is 7.11 Å². The maximum absolute atomic E-state index is 13.0. The first kappa shape index (κ1) is 19.5. The highest BCUT2D eigenvalue weighted by Gasteiger charge is 2.41. The standard InChI is InChI=1S/C21H31N3O3/c1-21(2,3)19(25)22-15-11-16-8-6-9-17(12-15)24(16)20(26)23-14-7-5-10-18(13-14)27-4/h5,7,10,13,15-17H,6,8-9,11-12H2,1-4H3,(H,22,25)(H,23,26)/t16-,17-/m0/s1. The molecule has 1 aromatic carbocycles. The molecule has 3 rings (SSSR count). The van der Waals surface area contributed by atoms with Crippen molar-refractivity contribution in [2.75, 3.05) is 12.4 Å². The molecule has 3 amide bonds. The van der Waals surface area contributed by atoms with Crippen LogP contribution < -0.4 is 15.4 Å². The number of nitrogens with one attached hydrogen (secondary N) is 2. The van der Waals surface area contributed by atoms with Crippen LogP contribution in [0.4, 0.5) is 10.5 Å². The summed E-state index contributed by atoms with van der Waals surface area (Å²) in [6.45, 7) is 5.79. The van der Waals surface area contributed by atoms with Crippen molar-refractivity contribution in [2.24, 2.45) is 5.41 Å². The van der Waals surface area contributed by atoms with Gasteiger partial charge in [-0.15, -0.1) is 0 Å². The zero-order valence-electron chi connectivity index (χ0n) is 16.7. The van der Waals surface area contributed by atoms with Crippen LogP contribution in [-0.4, -0.2) is 42.1 Å². The number of carbonyl (C=O) groups is 2. The number of carbonyl (C=O) groups excluding carboxylic acids is 2. The summed E-state index contributed by atoms with van der Waals surface area (Å²) in [5.74, 6) is 0.802. The van der Waals surface area contributed by atoms with E-state index in [0.717, 1.165) is 43.5 Å². The van der Waals surface area contributed by atoms with E-state index in [0.29, 0.717) is 0 Å². The van der Waals surface area contributed by atoms with Crippen LogP contribution in [0, 0.1) is 5.41 Å². The predicted octanol–water partition coefficient (Wildman–Crippen LogP) is 3.77. The molecule has 2 fully saturated rings. The zero-order chi connectivity index (χ0) is 19.6. The van der Waals surface area contributed by atoms with E-state index in [9.17, 15) is 9.59 Å². The van der Waals surface area contributed by atoms with E-state index in [1.807, 2.05) is 49.9 Å². The van der Waals surface area contributed by atoms with E-state index in [-0.39, 0.29) is 30.1 Å². The van der Waals surface area contributed by atoms with Gasteiger partial charge in [0.2, 0.25) is 5.91 Å². The Morgan fingerprint density at radius 2 is 1.81 bits per heavy atom. The van der Waals surface area contributed by atoms with E-state index in [1.165, 1.54) is 0 Å². The summed E-state index contributed by atoms with van der Waals surface area (Å²) in [4.78, 5) is 27.3. The Morgan fingerprint density at radius 3 is 2.41 bits per heavy atom. The molecule has 2 bridgehead atoms. The van der Waals surface area contributed by atoms with Crippen molar-refractivity contribution in [1.82, 2.24) is 10.2 Å². The maximum Gasteiger partial charge on any atom is 0.322 e. The quantitative estimate of drug-likeness (QED) is 0.847. The van der Waals surface area contributed by atoms with Crippen molar-refractivity contribution >= 4 is 17.6 Å². The molecule has 2 N–H and O–H groups in total. The number of fused-ring (bicyclic) bond motifs is 2. The molecular weight excluding hydrogens is 342 g/mol. The van der Waals surface area contributed by atoms with Gasteiger partial charge < -0.3 is 20.3 Å². The van der Waals surface area contributed by atoms with Gasteiger partial charge in [-0.25, -0.2) is 4.79 Å². The number of hydrogen-bond donors (Lipinski definition) is 2. The van der Waals surface area contributed by atoms with Gasteiger partial charge in [0.05, 0.1) is 7.11 Å². The molecule has 2 heterocycles. The molecule has 0 spiro atoms. The van der Waals surface area contributed by atoms with Crippen molar-refractivity contribution < 1.29 is 14.3 Å². The normalized spacial score (nSPS) is 24.9. The minimum Gasteiger partial charge on any atom is -0.497 e. The fourth-order valence-electron chi connectivity index (χ4n) is 4.12. The number of urea groups is 1. The average molecular weight is 373 g/mol. The van der Waals surface area contributed by atoms with Crippen molar-refractivity contribution in [3.8, 4) is 5.75 Å². The maximum atomic E-state index is 13.0. The number of rotatable bonds is 3. The first-order chi connectivity index (χ1) is 12.8. The monoisotopic (exact) mass is 373 g/mol. The SMILES string of the molecule is COc1cccc(NC(=O)N2[C@H]3CCC[C@H]2CC(NC(=O)C(C)(C)C)C3)c1. The smallest absolute Gasteiger partial charge is 0.322 e. The third-order valence-corrected chi connectivity index (χ3v) is 5.55. The molecule has 0 unspecified atom stereocenters. The molecule has 27 heavy (non-hydrogen) atoms. The number of piperidine rings is 2. The van der Waals surface area contributed by atoms with Crippen LogP contribution in [0.25, 0.3) is 0 Å². The van der Waals surface area contributed by atoms with Crippen LogP contribution in [0.3, 0.4) is 0 Å². The van der Waals surface area contributed by atoms with E-state index in [4.69, 9.17) is 4.74 Å². The Morgan fingerprint density at radius 1 is 1.15 bits per heavy atom. The number of benzene rings is 1. The predicted molar refractivity (Wildman–Crippen MR) is 106 cm³/mol. The minimum absolute atomic E-state index is 0.0569. The average Bonchev–Trinajstić information content (AvgIpc) is 2.60. The molecule has 2 saturated heterocycles. The van der Waals surface area contributed by atoms with Gasteiger partial charge >= 0.3 is 6.03 Å².